The van der Waals surface area contributed by atoms with E-state index in [1.165, 1.54) is 50.1 Å². The van der Waals surface area contributed by atoms with E-state index in [1.54, 1.807) is 7.69 Å². The molecular weight excluding hydrogens is 576 g/mol. The van der Waals surface area contributed by atoms with Crippen LogP contribution in [0.2, 0.25) is 0 Å². The van der Waals surface area contributed by atoms with Crippen LogP contribution < -0.4 is 0 Å². The van der Waals surface area contributed by atoms with Gasteiger partial charge in [-0.3, -0.25) is 0 Å². The molecule has 1 unspecified atom stereocenters. The maximum absolute atomic E-state index is 2.64. The van der Waals surface area contributed by atoms with Crippen molar-refractivity contribution in [3.05, 3.63) is 152 Å². The molecule has 0 N–H and O–H groups in total. The summed E-state index contributed by atoms with van der Waals surface area (Å²) in [5, 5.41) is 0. The van der Waals surface area contributed by atoms with E-state index in [4.69, 9.17) is 0 Å². The summed E-state index contributed by atoms with van der Waals surface area (Å²) in [4.78, 5) is 0. The van der Waals surface area contributed by atoms with Crippen LogP contribution in [0.25, 0.3) is 11.1 Å². The predicted molar refractivity (Wildman–Crippen MR) is 192 cm³/mol. The van der Waals surface area contributed by atoms with Crippen molar-refractivity contribution < 1.29 is 17.4 Å². The van der Waals surface area contributed by atoms with Gasteiger partial charge in [0.15, 0.2) is 0 Å². The summed E-state index contributed by atoms with van der Waals surface area (Å²) in [7, 11) is 0. The average Bonchev–Trinajstić information content (AvgIpc) is 3.53. The van der Waals surface area contributed by atoms with Gasteiger partial charge in [-0.1, -0.05) is 0 Å². The van der Waals surface area contributed by atoms with Crippen molar-refractivity contribution in [2.24, 2.45) is 11.3 Å². The van der Waals surface area contributed by atoms with Crippen LogP contribution in [0.5, 0.6) is 0 Å². The molecule has 0 aromatic heterocycles. The Bertz CT molecular complexity index is 1720. The second kappa shape index (κ2) is 11.6. The third-order valence-corrected chi connectivity index (χ3v) is 15.4. The normalized spacial score (nSPS) is 16.6. The molecule has 230 valence electrons. The molecule has 0 saturated carbocycles. The third-order valence-electron chi connectivity index (χ3n) is 9.84. The molecule has 0 nitrogen and oxygen atoms in total. The van der Waals surface area contributed by atoms with Crippen molar-refractivity contribution in [3.8, 4) is 11.1 Å². The quantitative estimate of drug-likeness (QED) is 0.198. The van der Waals surface area contributed by atoms with Crippen LogP contribution in [-0.2, 0) is 28.2 Å². The van der Waals surface area contributed by atoms with E-state index in [0.29, 0.717) is 10.1 Å². The molecule has 45 heavy (non-hydrogen) atoms. The fourth-order valence-corrected chi connectivity index (χ4v) is 13.2. The van der Waals surface area contributed by atoms with Gasteiger partial charge in [0.2, 0.25) is 0 Å². The number of hydrogen-bond acceptors (Lipinski definition) is 0. The Morgan fingerprint density at radius 2 is 1.00 bits per heavy atom. The summed E-state index contributed by atoms with van der Waals surface area (Å²) in [6.07, 6.45) is 5.20. The van der Waals surface area contributed by atoms with Gasteiger partial charge in [-0.15, -0.1) is 0 Å². The van der Waals surface area contributed by atoms with Gasteiger partial charge < -0.3 is 0 Å². The van der Waals surface area contributed by atoms with Crippen LogP contribution in [0.1, 0.15) is 107 Å². The standard InChI is InChI=1S/C21H25.C13H10.C10H15.Ti/c1-20(2,3)16-9-7-14-11-15-8-10-17(21(4,5)6)13-19(15)18(14)12-16;1-3-7-12(8-4-1)11-13-9-5-2-6-10-13;1-8-5-6-9(7-8)10(2,3)4;/h7-13H,1-6H3;1-10H;6-8H,1-4H3;. The van der Waals surface area contributed by atoms with Gasteiger partial charge in [0.25, 0.3) is 0 Å². The zero-order chi connectivity index (χ0) is 32.3. The van der Waals surface area contributed by atoms with E-state index in [2.05, 4.69) is 178 Å². The topological polar surface area (TPSA) is 0 Å². The fourth-order valence-electron chi connectivity index (χ4n) is 7.13. The first kappa shape index (κ1) is 31.9. The number of rotatable bonds is 4. The van der Waals surface area contributed by atoms with E-state index in [0.717, 1.165) is 0 Å². The molecule has 0 radical (unpaired) electrons. The van der Waals surface area contributed by atoms with Crippen molar-refractivity contribution >= 4 is 3.81 Å². The monoisotopic (exact) mass is 626 g/mol. The fraction of sp³-hybridized carbons (Fsp3) is 0.341. The Morgan fingerprint density at radius 3 is 1.38 bits per heavy atom. The molecule has 0 amide bonds. The molecule has 0 saturated heterocycles. The second-order valence-corrected chi connectivity index (χ2v) is 20.2. The van der Waals surface area contributed by atoms with E-state index >= 15 is 0 Å². The predicted octanol–water partition coefficient (Wildman–Crippen LogP) is 11.7. The van der Waals surface area contributed by atoms with Gasteiger partial charge >= 0.3 is 280 Å². The summed E-state index contributed by atoms with van der Waals surface area (Å²) >= 11 is -2.36. The maximum atomic E-state index is 2.64. The molecule has 2 aliphatic rings. The van der Waals surface area contributed by atoms with Gasteiger partial charge in [-0.05, 0) is 0 Å². The Morgan fingerprint density at radius 1 is 0.556 bits per heavy atom. The van der Waals surface area contributed by atoms with Crippen LogP contribution in [0, 0.1) is 11.3 Å². The molecule has 0 heterocycles. The summed E-state index contributed by atoms with van der Waals surface area (Å²) in [6, 6.07) is 37.6. The van der Waals surface area contributed by atoms with Crippen molar-refractivity contribution in [2.45, 2.75) is 84.3 Å². The number of fused-ring (bicyclic) bond motifs is 3. The number of allylic oxidation sites excluding steroid dienone is 4. The zero-order valence-corrected chi connectivity index (χ0v) is 30.6. The summed E-state index contributed by atoms with van der Waals surface area (Å²) in [6.45, 7) is 23.6. The summed E-state index contributed by atoms with van der Waals surface area (Å²) in [5.74, 6) is 0.423. The molecule has 4 aromatic rings. The van der Waals surface area contributed by atoms with Crippen LogP contribution >= 0.6 is 0 Å². The van der Waals surface area contributed by atoms with Crippen molar-refractivity contribution in [1.82, 2.24) is 0 Å². The molecule has 6 rings (SSSR count). The Labute approximate surface area is 278 Å². The third kappa shape index (κ3) is 6.09. The molecule has 4 aromatic carbocycles. The van der Waals surface area contributed by atoms with Gasteiger partial charge in [-0.2, -0.15) is 0 Å². The second-order valence-electron chi connectivity index (χ2n) is 16.3. The van der Waals surface area contributed by atoms with Gasteiger partial charge in [-0.25, -0.2) is 0 Å². The minimum absolute atomic E-state index is 0.0907. The zero-order valence-electron chi connectivity index (χ0n) is 29.0. The van der Waals surface area contributed by atoms with E-state index in [1.807, 2.05) is 0 Å². The van der Waals surface area contributed by atoms with Crippen molar-refractivity contribution in [2.75, 3.05) is 0 Å². The Hall–Kier alpha value is -3.06. The molecule has 0 bridgehead atoms. The molecule has 0 spiro atoms. The van der Waals surface area contributed by atoms with Crippen LogP contribution in [-0.4, -0.2) is 3.81 Å². The van der Waals surface area contributed by atoms with Crippen LogP contribution in [0.15, 0.2) is 119 Å². The first-order chi connectivity index (χ1) is 21.1. The van der Waals surface area contributed by atoms with Gasteiger partial charge in [0.05, 0.1) is 0 Å². The van der Waals surface area contributed by atoms with E-state index in [-0.39, 0.29) is 16.2 Å². The van der Waals surface area contributed by atoms with E-state index < -0.39 is 17.4 Å². The molecule has 1 atom stereocenters. The Balaban J connectivity index is 1.74. The first-order valence-electron chi connectivity index (χ1n) is 16.7. The molecular formula is C44H50Ti. The van der Waals surface area contributed by atoms with Crippen molar-refractivity contribution in [3.63, 3.8) is 0 Å². The number of benzene rings is 4. The summed E-state index contributed by atoms with van der Waals surface area (Å²) < 4.78 is 3.64. The molecule has 0 aliphatic heterocycles. The molecule has 0 fully saturated rings. The summed E-state index contributed by atoms with van der Waals surface area (Å²) in [5.41, 5.74) is 13.3. The minimum atomic E-state index is -2.36. The van der Waals surface area contributed by atoms with Crippen molar-refractivity contribution in [1.29, 1.82) is 0 Å². The average molecular weight is 627 g/mol. The van der Waals surface area contributed by atoms with Crippen LogP contribution in [0.4, 0.5) is 0 Å². The van der Waals surface area contributed by atoms with E-state index in [9.17, 15) is 0 Å². The van der Waals surface area contributed by atoms with Gasteiger partial charge in [0.1, 0.15) is 0 Å². The SMILES string of the molecule is CC1C=C(C(C)(C)C)C=[C]1[Ti](=[C](c1ccccc1)c1ccccc1)[CH]1c2ccc(C(C)(C)C)cc2-c2cc(C(C)(C)C)ccc21. The first-order valence-corrected chi connectivity index (χ1v) is 19.2. The van der Waals surface area contributed by atoms with Crippen LogP contribution in [0.3, 0.4) is 0 Å². The molecule has 1 heteroatoms. The molecule has 2 aliphatic carbocycles. The van der Waals surface area contributed by atoms with Gasteiger partial charge in [0, 0.05) is 0 Å². The Kier molecular flexibility index (Phi) is 8.25. The number of hydrogen-bond donors (Lipinski definition) is 0.